The lowest BCUT2D eigenvalue weighted by molar-refractivity contribution is 0.288. The zero-order chi connectivity index (χ0) is 12.5. The Morgan fingerprint density at radius 1 is 1.39 bits per heavy atom. The second-order valence-electron chi connectivity index (χ2n) is 4.39. The quantitative estimate of drug-likeness (QED) is 0.927. The van der Waals surface area contributed by atoms with Crippen molar-refractivity contribution in [1.82, 2.24) is 15.1 Å². The molecule has 96 valence electrons. The minimum Gasteiger partial charge on any atom is -0.444 e. The highest BCUT2D eigenvalue weighted by Gasteiger charge is 2.21. The molecule has 0 unspecified atom stereocenters. The van der Waals surface area contributed by atoms with E-state index in [1.54, 1.807) is 12.1 Å². The highest BCUT2D eigenvalue weighted by atomic mass is 79.9. The molecule has 3 rings (SSSR count). The van der Waals surface area contributed by atoms with Crippen LogP contribution in [-0.4, -0.2) is 34.2 Å². The predicted molar refractivity (Wildman–Crippen MR) is 67.6 cm³/mol. The Hall–Kier alpha value is -1.18. The fourth-order valence-electron chi connectivity index (χ4n) is 2.04. The molecule has 3 heterocycles. The van der Waals surface area contributed by atoms with Gasteiger partial charge >= 0.3 is 0 Å². The first-order chi connectivity index (χ1) is 8.70. The lowest BCUT2D eigenvalue weighted by Gasteiger charge is -2.11. The number of nitrogens with zero attached hydrogens (tertiary/aromatic N) is 3. The van der Waals surface area contributed by atoms with Crippen LogP contribution < -0.4 is 5.73 Å². The van der Waals surface area contributed by atoms with Crippen molar-refractivity contribution >= 4 is 15.9 Å². The third-order valence-electron chi connectivity index (χ3n) is 2.92. The van der Waals surface area contributed by atoms with E-state index in [1.165, 1.54) is 0 Å². The zero-order valence-corrected chi connectivity index (χ0v) is 11.3. The first-order valence-corrected chi connectivity index (χ1v) is 6.56. The van der Waals surface area contributed by atoms with E-state index in [0.717, 1.165) is 19.5 Å². The average Bonchev–Trinajstić information content (AvgIpc) is 3.01. The Morgan fingerprint density at radius 2 is 2.28 bits per heavy atom. The maximum absolute atomic E-state index is 5.85. The highest BCUT2D eigenvalue weighted by Crippen LogP contribution is 2.24. The van der Waals surface area contributed by atoms with E-state index in [9.17, 15) is 0 Å². The molecule has 0 bridgehead atoms. The predicted octanol–water partition coefficient (Wildman–Crippen LogP) is 1.63. The number of hydrogen-bond donors (Lipinski definition) is 1. The third-order valence-corrected chi connectivity index (χ3v) is 3.34. The van der Waals surface area contributed by atoms with Crippen LogP contribution in [0, 0.1) is 0 Å². The summed E-state index contributed by atoms with van der Waals surface area (Å²) in [6.07, 6.45) is 1.02. The second kappa shape index (κ2) is 4.83. The fraction of sp³-hybridized carbons (Fsp3) is 0.455. The summed E-state index contributed by atoms with van der Waals surface area (Å²) in [5.74, 6) is 1.56. The molecule has 2 aromatic rings. The van der Waals surface area contributed by atoms with Crippen LogP contribution in [0.2, 0.25) is 0 Å². The number of furan rings is 1. The second-order valence-corrected chi connectivity index (χ2v) is 5.17. The molecule has 1 fully saturated rings. The smallest absolute Gasteiger partial charge is 0.283 e. The van der Waals surface area contributed by atoms with Gasteiger partial charge in [0.1, 0.15) is 0 Å². The summed E-state index contributed by atoms with van der Waals surface area (Å²) in [6.45, 7) is 2.50. The van der Waals surface area contributed by atoms with E-state index in [-0.39, 0.29) is 6.04 Å². The van der Waals surface area contributed by atoms with Crippen LogP contribution in [-0.2, 0) is 6.54 Å². The monoisotopic (exact) mass is 312 g/mol. The van der Waals surface area contributed by atoms with Gasteiger partial charge in [-0.3, -0.25) is 4.90 Å². The maximum atomic E-state index is 5.85. The van der Waals surface area contributed by atoms with Crippen molar-refractivity contribution in [1.29, 1.82) is 0 Å². The molecule has 7 heteroatoms. The number of aromatic nitrogens is 2. The van der Waals surface area contributed by atoms with Crippen molar-refractivity contribution < 1.29 is 8.83 Å². The van der Waals surface area contributed by atoms with Crippen molar-refractivity contribution in [2.24, 2.45) is 5.73 Å². The van der Waals surface area contributed by atoms with Gasteiger partial charge in [0, 0.05) is 19.1 Å². The normalized spacial score (nSPS) is 20.7. The molecule has 18 heavy (non-hydrogen) atoms. The van der Waals surface area contributed by atoms with Gasteiger partial charge in [0.25, 0.3) is 5.89 Å². The van der Waals surface area contributed by atoms with Crippen LogP contribution in [0.3, 0.4) is 0 Å². The van der Waals surface area contributed by atoms with Gasteiger partial charge in [-0.2, -0.15) is 0 Å². The van der Waals surface area contributed by atoms with Gasteiger partial charge in [0.05, 0.1) is 6.54 Å². The Bertz CT molecular complexity index is 539. The van der Waals surface area contributed by atoms with E-state index in [0.29, 0.717) is 28.8 Å². The lowest BCUT2D eigenvalue weighted by atomic mass is 10.3. The summed E-state index contributed by atoms with van der Waals surface area (Å²) in [4.78, 5) is 2.21. The van der Waals surface area contributed by atoms with Crippen molar-refractivity contribution in [3.8, 4) is 11.7 Å². The summed E-state index contributed by atoms with van der Waals surface area (Å²) < 4.78 is 11.6. The van der Waals surface area contributed by atoms with Crippen LogP contribution in [0.15, 0.2) is 25.6 Å². The van der Waals surface area contributed by atoms with Gasteiger partial charge < -0.3 is 14.6 Å². The molecule has 0 spiro atoms. The Morgan fingerprint density at radius 3 is 2.94 bits per heavy atom. The number of rotatable bonds is 3. The maximum Gasteiger partial charge on any atom is 0.283 e. The number of hydrogen-bond acceptors (Lipinski definition) is 6. The fourth-order valence-corrected chi connectivity index (χ4v) is 2.35. The molecule has 1 aliphatic rings. The first-order valence-electron chi connectivity index (χ1n) is 5.77. The van der Waals surface area contributed by atoms with Crippen molar-refractivity contribution in [3.05, 3.63) is 22.7 Å². The summed E-state index contributed by atoms with van der Waals surface area (Å²) in [5.41, 5.74) is 5.85. The van der Waals surface area contributed by atoms with Crippen molar-refractivity contribution in [2.75, 3.05) is 13.1 Å². The SMILES string of the molecule is N[C@@H]1CCN(Cc2nnc(-c3ccc(Br)o3)o2)C1. The largest absolute Gasteiger partial charge is 0.444 e. The Labute approximate surface area is 112 Å². The summed E-state index contributed by atoms with van der Waals surface area (Å²) in [6, 6.07) is 3.83. The van der Waals surface area contributed by atoms with Gasteiger partial charge in [-0.25, -0.2) is 0 Å². The number of halogens is 1. The van der Waals surface area contributed by atoms with E-state index < -0.39 is 0 Å². The van der Waals surface area contributed by atoms with E-state index in [4.69, 9.17) is 14.6 Å². The molecule has 0 aromatic carbocycles. The molecule has 1 aliphatic heterocycles. The van der Waals surface area contributed by atoms with Gasteiger partial charge in [-0.15, -0.1) is 10.2 Å². The van der Waals surface area contributed by atoms with Gasteiger partial charge in [0.2, 0.25) is 5.89 Å². The number of nitrogens with two attached hydrogens (primary N) is 1. The molecule has 2 N–H and O–H groups in total. The average molecular weight is 313 g/mol. The molecule has 0 aliphatic carbocycles. The number of likely N-dealkylation sites (tertiary alicyclic amines) is 1. The highest BCUT2D eigenvalue weighted by molar-refractivity contribution is 9.10. The van der Waals surface area contributed by atoms with Crippen LogP contribution in [0.25, 0.3) is 11.7 Å². The van der Waals surface area contributed by atoms with Crippen molar-refractivity contribution in [2.45, 2.75) is 19.0 Å². The molecule has 2 aromatic heterocycles. The minimum atomic E-state index is 0.258. The molecule has 0 amide bonds. The van der Waals surface area contributed by atoms with Gasteiger partial charge in [-0.1, -0.05) is 0 Å². The molecule has 6 nitrogen and oxygen atoms in total. The van der Waals surface area contributed by atoms with Gasteiger partial charge in [0.15, 0.2) is 10.4 Å². The Balaban J connectivity index is 1.70. The van der Waals surface area contributed by atoms with E-state index >= 15 is 0 Å². The third kappa shape index (κ3) is 2.47. The molecule has 0 saturated carbocycles. The summed E-state index contributed by atoms with van der Waals surface area (Å²) >= 11 is 3.24. The van der Waals surface area contributed by atoms with Crippen LogP contribution in [0.4, 0.5) is 0 Å². The van der Waals surface area contributed by atoms with Crippen LogP contribution in [0.1, 0.15) is 12.3 Å². The molecular weight excluding hydrogens is 300 g/mol. The van der Waals surface area contributed by atoms with E-state index in [1.807, 2.05) is 0 Å². The summed E-state index contributed by atoms with van der Waals surface area (Å²) in [7, 11) is 0. The molecular formula is C11H13BrN4O2. The molecule has 1 atom stereocenters. The zero-order valence-electron chi connectivity index (χ0n) is 9.67. The van der Waals surface area contributed by atoms with Gasteiger partial charge in [-0.05, 0) is 34.5 Å². The first kappa shape index (κ1) is 11.9. The summed E-state index contributed by atoms with van der Waals surface area (Å²) in [5, 5.41) is 7.99. The van der Waals surface area contributed by atoms with Crippen LogP contribution in [0.5, 0.6) is 0 Å². The van der Waals surface area contributed by atoms with Crippen LogP contribution >= 0.6 is 15.9 Å². The standard InChI is InChI=1S/C11H13BrN4O2/c12-9-2-1-8(17-9)11-15-14-10(18-11)6-16-4-3-7(13)5-16/h1-2,7H,3-6,13H2/t7-/m1/s1. The van der Waals surface area contributed by atoms with Crippen molar-refractivity contribution in [3.63, 3.8) is 0 Å². The topological polar surface area (TPSA) is 81.3 Å². The molecule has 1 saturated heterocycles. The van der Waals surface area contributed by atoms with E-state index in [2.05, 4.69) is 31.0 Å². The minimum absolute atomic E-state index is 0.258. The molecule has 0 radical (unpaired) electrons. The Kier molecular flexibility index (Phi) is 3.19. The lowest BCUT2D eigenvalue weighted by Crippen LogP contribution is -2.26.